The zero-order valence-corrected chi connectivity index (χ0v) is 15.9. The van der Waals surface area contributed by atoms with Crippen LogP contribution in [0.2, 0.25) is 5.02 Å². The Labute approximate surface area is 158 Å². The number of aliphatic imine (C=N–C) groups is 1. The second-order valence-corrected chi connectivity index (χ2v) is 6.70. The van der Waals surface area contributed by atoms with Gasteiger partial charge in [-0.2, -0.15) is 0 Å². The van der Waals surface area contributed by atoms with Gasteiger partial charge in [0.2, 0.25) is 5.91 Å². The SMILES string of the molecule is C=CCNC(=NCC(=O)N(C)C)NC1CCN(c2ccc(Cl)c(F)c2)C1. The molecule has 0 aliphatic carbocycles. The quantitative estimate of drug-likeness (QED) is 0.448. The lowest BCUT2D eigenvalue weighted by atomic mass is 10.2. The van der Waals surface area contributed by atoms with Crippen molar-refractivity contribution < 1.29 is 9.18 Å². The van der Waals surface area contributed by atoms with E-state index in [4.69, 9.17) is 11.6 Å². The molecule has 1 heterocycles. The third-order valence-electron chi connectivity index (χ3n) is 4.08. The number of likely N-dealkylation sites (N-methyl/N-ethyl adjacent to an activating group) is 1. The van der Waals surface area contributed by atoms with Gasteiger partial charge in [-0.05, 0) is 24.6 Å². The first-order chi connectivity index (χ1) is 12.4. The van der Waals surface area contributed by atoms with Crippen LogP contribution in [0.15, 0.2) is 35.8 Å². The molecule has 0 aromatic heterocycles. The van der Waals surface area contributed by atoms with Gasteiger partial charge < -0.3 is 20.4 Å². The van der Waals surface area contributed by atoms with E-state index in [9.17, 15) is 9.18 Å². The van der Waals surface area contributed by atoms with Crippen molar-refractivity contribution in [3.8, 4) is 0 Å². The van der Waals surface area contributed by atoms with E-state index in [1.54, 1.807) is 26.2 Å². The Bertz CT molecular complexity index is 680. The highest BCUT2D eigenvalue weighted by Crippen LogP contribution is 2.24. The summed E-state index contributed by atoms with van der Waals surface area (Å²) >= 11 is 5.75. The van der Waals surface area contributed by atoms with Gasteiger partial charge >= 0.3 is 0 Å². The second-order valence-electron chi connectivity index (χ2n) is 6.30. The lowest BCUT2D eigenvalue weighted by Crippen LogP contribution is -2.45. The Morgan fingerprint density at radius 3 is 2.96 bits per heavy atom. The summed E-state index contributed by atoms with van der Waals surface area (Å²) in [4.78, 5) is 19.7. The lowest BCUT2D eigenvalue weighted by molar-refractivity contribution is -0.127. The molecule has 0 spiro atoms. The molecule has 26 heavy (non-hydrogen) atoms. The number of hydrogen-bond donors (Lipinski definition) is 2. The van der Waals surface area contributed by atoms with Gasteiger partial charge in [-0.1, -0.05) is 17.7 Å². The average molecular weight is 382 g/mol. The summed E-state index contributed by atoms with van der Waals surface area (Å²) < 4.78 is 13.7. The second kappa shape index (κ2) is 9.43. The van der Waals surface area contributed by atoms with Crippen LogP contribution in [0.4, 0.5) is 10.1 Å². The van der Waals surface area contributed by atoms with E-state index in [1.807, 2.05) is 6.07 Å². The van der Waals surface area contributed by atoms with Crippen molar-refractivity contribution in [1.29, 1.82) is 0 Å². The Hall–Kier alpha value is -2.28. The molecule has 6 nitrogen and oxygen atoms in total. The van der Waals surface area contributed by atoms with Crippen molar-refractivity contribution >= 4 is 29.2 Å². The van der Waals surface area contributed by atoms with Gasteiger partial charge in [0.1, 0.15) is 12.4 Å². The largest absolute Gasteiger partial charge is 0.369 e. The number of guanidine groups is 1. The maximum atomic E-state index is 13.7. The summed E-state index contributed by atoms with van der Waals surface area (Å²) in [5.41, 5.74) is 0.802. The maximum absolute atomic E-state index is 13.7. The van der Waals surface area contributed by atoms with Crippen molar-refractivity contribution in [2.24, 2.45) is 4.99 Å². The highest BCUT2D eigenvalue weighted by molar-refractivity contribution is 6.30. The minimum Gasteiger partial charge on any atom is -0.369 e. The number of nitrogens with zero attached hydrogens (tertiary/aromatic N) is 3. The Morgan fingerprint density at radius 1 is 1.54 bits per heavy atom. The topological polar surface area (TPSA) is 60.0 Å². The fourth-order valence-corrected chi connectivity index (χ4v) is 2.71. The lowest BCUT2D eigenvalue weighted by Gasteiger charge is -2.20. The number of anilines is 1. The fourth-order valence-electron chi connectivity index (χ4n) is 2.60. The zero-order chi connectivity index (χ0) is 19.1. The molecule has 1 aromatic rings. The van der Waals surface area contributed by atoms with Gasteiger partial charge in [-0.25, -0.2) is 9.38 Å². The van der Waals surface area contributed by atoms with Gasteiger partial charge in [-0.3, -0.25) is 4.79 Å². The number of amides is 1. The monoisotopic (exact) mass is 381 g/mol. The molecular formula is C18H25ClFN5O. The van der Waals surface area contributed by atoms with Crippen molar-refractivity contribution in [3.05, 3.63) is 41.7 Å². The van der Waals surface area contributed by atoms with E-state index in [0.717, 1.165) is 18.7 Å². The van der Waals surface area contributed by atoms with Crippen LogP contribution in [0.25, 0.3) is 0 Å². The Balaban J connectivity index is 1.98. The van der Waals surface area contributed by atoms with E-state index in [1.165, 1.54) is 11.0 Å². The predicted molar refractivity (Wildman–Crippen MR) is 104 cm³/mol. The van der Waals surface area contributed by atoms with Crippen LogP contribution in [0.1, 0.15) is 6.42 Å². The number of benzene rings is 1. The Morgan fingerprint density at radius 2 is 2.31 bits per heavy atom. The van der Waals surface area contributed by atoms with Crippen LogP contribution in [-0.4, -0.2) is 63.1 Å². The molecule has 1 fully saturated rings. The Kier molecular flexibility index (Phi) is 7.26. The molecular weight excluding hydrogens is 357 g/mol. The maximum Gasteiger partial charge on any atom is 0.243 e. The third-order valence-corrected chi connectivity index (χ3v) is 4.39. The van der Waals surface area contributed by atoms with E-state index in [2.05, 4.69) is 27.1 Å². The first-order valence-corrected chi connectivity index (χ1v) is 8.84. The summed E-state index contributed by atoms with van der Waals surface area (Å²) in [7, 11) is 3.39. The molecule has 2 rings (SSSR count). The molecule has 0 radical (unpaired) electrons. The molecule has 8 heteroatoms. The van der Waals surface area contributed by atoms with E-state index >= 15 is 0 Å². The number of rotatable bonds is 6. The number of halogens is 2. The molecule has 1 aromatic carbocycles. The van der Waals surface area contributed by atoms with Crippen molar-refractivity contribution in [1.82, 2.24) is 15.5 Å². The molecule has 0 bridgehead atoms. The van der Waals surface area contributed by atoms with Gasteiger partial charge in [0, 0.05) is 45.5 Å². The molecule has 1 amide bonds. The van der Waals surface area contributed by atoms with Gasteiger partial charge in [0.25, 0.3) is 0 Å². The molecule has 1 unspecified atom stereocenters. The average Bonchev–Trinajstić information content (AvgIpc) is 3.07. The molecule has 2 N–H and O–H groups in total. The molecule has 1 atom stereocenters. The fraction of sp³-hybridized carbons (Fsp3) is 0.444. The summed E-state index contributed by atoms with van der Waals surface area (Å²) in [5, 5.41) is 6.57. The number of hydrogen-bond acceptors (Lipinski definition) is 3. The summed E-state index contributed by atoms with van der Waals surface area (Å²) in [6, 6.07) is 4.97. The van der Waals surface area contributed by atoms with Crippen molar-refractivity contribution in [2.45, 2.75) is 12.5 Å². The molecule has 0 saturated carbocycles. The van der Waals surface area contributed by atoms with Crippen LogP contribution in [0.5, 0.6) is 0 Å². The summed E-state index contributed by atoms with van der Waals surface area (Å²) in [6.07, 6.45) is 2.60. The number of carbonyl (C=O) groups is 1. The number of nitrogens with one attached hydrogen (secondary N) is 2. The van der Waals surface area contributed by atoms with Crippen LogP contribution < -0.4 is 15.5 Å². The minimum atomic E-state index is -0.419. The van der Waals surface area contributed by atoms with E-state index in [0.29, 0.717) is 19.0 Å². The molecule has 1 aliphatic heterocycles. The smallest absolute Gasteiger partial charge is 0.243 e. The highest BCUT2D eigenvalue weighted by atomic mass is 35.5. The number of carbonyl (C=O) groups excluding carboxylic acids is 1. The standard InChI is InChI=1S/C18H25ClFN5O/c1-4-8-21-18(22-11-17(26)24(2)3)23-13-7-9-25(12-13)14-5-6-15(19)16(20)10-14/h4-6,10,13H,1,7-9,11-12H2,2-3H3,(H2,21,22,23). The van der Waals surface area contributed by atoms with Crippen molar-refractivity contribution in [2.75, 3.05) is 45.2 Å². The first kappa shape index (κ1) is 20.0. The van der Waals surface area contributed by atoms with E-state index < -0.39 is 5.82 Å². The van der Waals surface area contributed by atoms with Gasteiger partial charge in [-0.15, -0.1) is 6.58 Å². The molecule has 142 valence electrons. The van der Waals surface area contributed by atoms with Gasteiger partial charge in [0.05, 0.1) is 5.02 Å². The van der Waals surface area contributed by atoms with Gasteiger partial charge in [0.15, 0.2) is 5.96 Å². The van der Waals surface area contributed by atoms with Crippen LogP contribution >= 0.6 is 11.6 Å². The third kappa shape index (κ3) is 5.62. The zero-order valence-electron chi connectivity index (χ0n) is 15.1. The normalized spacial score (nSPS) is 17.2. The van der Waals surface area contributed by atoms with Crippen LogP contribution in [0, 0.1) is 5.82 Å². The van der Waals surface area contributed by atoms with E-state index in [-0.39, 0.29) is 23.5 Å². The summed E-state index contributed by atoms with van der Waals surface area (Å²) in [6.45, 7) is 5.79. The summed E-state index contributed by atoms with van der Waals surface area (Å²) in [5.74, 6) is 0.0707. The minimum absolute atomic E-state index is 0.0678. The molecule has 1 aliphatic rings. The molecule has 1 saturated heterocycles. The highest BCUT2D eigenvalue weighted by Gasteiger charge is 2.24. The first-order valence-electron chi connectivity index (χ1n) is 8.46. The van der Waals surface area contributed by atoms with Crippen molar-refractivity contribution in [3.63, 3.8) is 0 Å². The predicted octanol–water partition coefficient (Wildman–Crippen LogP) is 1.87. The van der Waals surface area contributed by atoms with Crippen LogP contribution in [-0.2, 0) is 4.79 Å². The van der Waals surface area contributed by atoms with Crippen LogP contribution in [0.3, 0.4) is 0 Å².